The fourth-order valence-corrected chi connectivity index (χ4v) is 2.43. The molecule has 2 N–H and O–H groups in total. The molecule has 112 valence electrons. The average Bonchev–Trinajstić information content (AvgIpc) is 2.48. The Morgan fingerprint density at radius 1 is 1.14 bits per heavy atom. The Bertz CT molecular complexity index is 582. The third kappa shape index (κ3) is 4.56. The molecular weight excluding hydrogens is 330 g/mol. The Morgan fingerprint density at radius 3 is 2.43 bits per heavy atom. The van der Waals surface area contributed by atoms with Gasteiger partial charge in [0.2, 0.25) is 0 Å². The van der Waals surface area contributed by atoms with Crippen molar-refractivity contribution in [1.29, 1.82) is 0 Å². The molecule has 21 heavy (non-hydrogen) atoms. The Balaban J connectivity index is 2.07. The molecule has 1 atom stereocenters. The zero-order valence-corrected chi connectivity index (χ0v) is 13.9. The van der Waals surface area contributed by atoms with E-state index in [0.717, 1.165) is 34.6 Å². The first-order valence-corrected chi connectivity index (χ1v) is 7.70. The van der Waals surface area contributed by atoms with Crippen LogP contribution < -0.4 is 10.5 Å². The lowest BCUT2D eigenvalue weighted by Gasteiger charge is -2.11. The van der Waals surface area contributed by atoms with Gasteiger partial charge >= 0.3 is 0 Å². The van der Waals surface area contributed by atoms with Crippen LogP contribution in [-0.2, 0) is 11.2 Å². The Labute approximate surface area is 134 Å². The van der Waals surface area contributed by atoms with Gasteiger partial charge < -0.3 is 15.2 Å². The highest BCUT2D eigenvalue weighted by atomic mass is 79.9. The van der Waals surface area contributed by atoms with Crippen LogP contribution in [0.15, 0.2) is 46.9 Å². The molecule has 0 aliphatic carbocycles. The molecule has 0 heterocycles. The summed E-state index contributed by atoms with van der Waals surface area (Å²) in [5.41, 5.74) is 8.18. The molecular formula is C17H20BrNO2. The van der Waals surface area contributed by atoms with E-state index in [9.17, 15) is 0 Å². The maximum Gasteiger partial charge on any atom is 0.141 e. The smallest absolute Gasteiger partial charge is 0.141 e. The van der Waals surface area contributed by atoms with E-state index >= 15 is 0 Å². The molecule has 0 radical (unpaired) electrons. The number of rotatable bonds is 6. The minimum Gasteiger partial charge on any atom is -0.456 e. The van der Waals surface area contributed by atoms with Crippen molar-refractivity contribution < 1.29 is 9.47 Å². The second-order valence-corrected chi connectivity index (χ2v) is 5.82. The first-order valence-electron chi connectivity index (χ1n) is 6.91. The van der Waals surface area contributed by atoms with Crippen molar-refractivity contribution >= 4 is 15.9 Å². The monoisotopic (exact) mass is 349 g/mol. The van der Waals surface area contributed by atoms with E-state index < -0.39 is 0 Å². The fourth-order valence-electron chi connectivity index (χ4n) is 1.95. The van der Waals surface area contributed by atoms with Crippen LogP contribution >= 0.6 is 15.9 Å². The zero-order chi connectivity index (χ0) is 15.2. The number of hydrogen-bond donors (Lipinski definition) is 1. The Morgan fingerprint density at radius 2 is 1.86 bits per heavy atom. The molecule has 2 rings (SSSR count). The average molecular weight is 350 g/mol. The highest BCUT2D eigenvalue weighted by Gasteiger charge is 2.06. The van der Waals surface area contributed by atoms with Gasteiger partial charge in [-0.05, 0) is 64.7 Å². The first kappa shape index (κ1) is 16.0. The van der Waals surface area contributed by atoms with Gasteiger partial charge in [0.25, 0.3) is 0 Å². The predicted molar refractivity (Wildman–Crippen MR) is 88.8 cm³/mol. The summed E-state index contributed by atoms with van der Waals surface area (Å²) in [5.74, 6) is 1.59. The number of benzene rings is 2. The molecule has 0 spiro atoms. The summed E-state index contributed by atoms with van der Waals surface area (Å²) in [5, 5.41) is 0. The number of nitrogens with two attached hydrogens (primary N) is 1. The molecule has 0 fully saturated rings. The first-order chi connectivity index (χ1) is 10.1. The molecule has 0 saturated heterocycles. The normalized spacial score (nSPS) is 12.2. The standard InChI is InChI=1S/C17H20BrNO2/c1-12(19)14-5-8-17(16(18)11-14)21-15-6-3-13(4-7-15)9-10-20-2/h3-8,11-12H,9-10,19H2,1-2H3. The molecule has 0 aromatic heterocycles. The molecule has 2 aromatic carbocycles. The minimum absolute atomic E-state index is 0.00965. The summed E-state index contributed by atoms with van der Waals surface area (Å²) in [6, 6.07) is 14.0. The molecule has 4 heteroatoms. The van der Waals surface area contributed by atoms with Gasteiger partial charge in [0.1, 0.15) is 11.5 Å². The topological polar surface area (TPSA) is 44.5 Å². The lowest BCUT2D eigenvalue weighted by atomic mass is 10.1. The summed E-state index contributed by atoms with van der Waals surface area (Å²) >= 11 is 3.52. The van der Waals surface area contributed by atoms with E-state index in [-0.39, 0.29) is 6.04 Å². The van der Waals surface area contributed by atoms with Gasteiger partial charge in [-0.2, -0.15) is 0 Å². The van der Waals surface area contributed by atoms with Crippen molar-refractivity contribution in [3.8, 4) is 11.5 Å². The summed E-state index contributed by atoms with van der Waals surface area (Å²) in [4.78, 5) is 0. The van der Waals surface area contributed by atoms with E-state index in [0.29, 0.717) is 0 Å². The van der Waals surface area contributed by atoms with Crippen LogP contribution in [0, 0.1) is 0 Å². The minimum atomic E-state index is 0.00965. The van der Waals surface area contributed by atoms with Crippen molar-refractivity contribution in [3.63, 3.8) is 0 Å². The van der Waals surface area contributed by atoms with Crippen molar-refractivity contribution in [3.05, 3.63) is 58.1 Å². The van der Waals surface area contributed by atoms with Crippen LogP contribution in [0.5, 0.6) is 11.5 Å². The van der Waals surface area contributed by atoms with Crippen molar-refractivity contribution in [1.82, 2.24) is 0 Å². The van der Waals surface area contributed by atoms with Crippen molar-refractivity contribution in [2.75, 3.05) is 13.7 Å². The number of hydrogen-bond acceptors (Lipinski definition) is 3. The number of ether oxygens (including phenoxy) is 2. The third-order valence-electron chi connectivity index (χ3n) is 3.23. The van der Waals surface area contributed by atoms with Crippen LogP contribution in [0.3, 0.4) is 0 Å². The summed E-state index contributed by atoms with van der Waals surface area (Å²) in [7, 11) is 1.71. The third-order valence-corrected chi connectivity index (χ3v) is 3.85. The second-order valence-electron chi connectivity index (χ2n) is 4.97. The van der Waals surface area contributed by atoms with Crippen LogP contribution in [0.25, 0.3) is 0 Å². The van der Waals surface area contributed by atoms with Gasteiger partial charge in [-0.3, -0.25) is 0 Å². The summed E-state index contributed by atoms with van der Waals surface area (Å²) in [6.07, 6.45) is 0.906. The van der Waals surface area contributed by atoms with Gasteiger partial charge in [0.05, 0.1) is 11.1 Å². The maximum atomic E-state index is 5.88. The van der Waals surface area contributed by atoms with Crippen LogP contribution in [-0.4, -0.2) is 13.7 Å². The molecule has 0 bridgehead atoms. The SMILES string of the molecule is COCCc1ccc(Oc2ccc(C(C)N)cc2Br)cc1. The van der Waals surface area contributed by atoms with E-state index in [1.54, 1.807) is 7.11 Å². The zero-order valence-electron chi connectivity index (χ0n) is 12.3. The van der Waals surface area contributed by atoms with E-state index in [1.165, 1.54) is 5.56 Å². The van der Waals surface area contributed by atoms with E-state index in [4.69, 9.17) is 15.2 Å². The summed E-state index contributed by atoms with van der Waals surface area (Å²) < 4.78 is 11.9. The van der Waals surface area contributed by atoms with Gasteiger partial charge in [0, 0.05) is 13.2 Å². The second kappa shape index (κ2) is 7.59. The van der Waals surface area contributed by atoms with Crippen molar-refractivity contribution in [2.24, 2.45) is 5.73 Å². The molecule has 0 amide bonds. The molecule has 3 nitrogen and oxygen atoms in total. The van der Waals surface area contributed by atoms with E-state index in [2.05, 4.69) is 28.1 Å². The van der Waals surface area contributed by atoms with Gasteiger partial charge in [0.15, 0.2) is 0 Å². The highest BCUT2D eigenvalue weighted by molar-refractivity contribution is 9.10. The van der Waals surface area contributed by atoms with Crippen LogP contribution in [0.4, 0.5) is 0 Å². The summed E-state index contributed by atoms with van der Waals surface area (Å²) in [6.45, 7) is 2.69. The quantitative estimate of drug-likeness (QED) is 0.837. The fraction of sp³-hybridized carbons (Fsp3) is 0.294. The molecule has 0 aliphatic rings. The maximum absolute atomic E-state index is 5.88. The highest BCUT2D eigenvalue weighted by Crippen LogP contribution is 2.31. The van der Waals surface area contributed by atoms with Gasteiger partial charge in [-0.1, -0.05) is 18.2 Å². The molecule has 0 aliphatic heterocycles. The van der Waals surface area contributed by atoms with Crippen LogP contribution in [0.1, 0.15) is 24.1 Å². The Hall–Kier alpha value is -1.36. The molecule has 2 aromatic rings. The van der Waals surface area contributed by atoms with Gasteiger partial charge in [-0.25, -0.2) is 0 Å². The van der Waals surface area contributed by atoms with E-state index in [1.807, 2.05) is 37.3 Å². The van der Waals surface area contributed by atoms with Gasteiger partial charge in [-0.15, -0.1) is 0 Å². The predicted octanol–water partition coefficient (Wildman–Crippen LogP) is 4.45. The Kier molecular flexibility index (Phi) is 5.79. The van der Waals surface area contributed by atoms with Crippen LogP contribution in [0.2, 0.25) is 0 Å². The number of methoxy groups -OCH3 is 1. The molecule has 0 saturated carbocycles. The van der Waals surface area contributed by atoms with Crippen molar-refractivity contribution in [2.45, 2.75) is 19.4 Å². The largest absolute Gasteiger partial charge is 0.456 e. The molecule has 1 unspecified atom stereocenters. The lowest BCUT2D eigenvalue weighted by Crippen LogP contribution is -2.04. The lowest BCUT2D eigenvalue weighted by molar-refractivity contribution is 0.202. The number of halogens is 1.